The lowest BCUT2D eigenvalue weighted by Crippen LogP contribution is -2.35. The molecule has 0 saturated carbocycles. The maximum atomic E-state index is 12.1. The maximum absolute atomic E-state index is 12.1. The van der Waals surface area contributed by atoms with Gasteiger partial charge in [-0.3, -0.25) is 9.69 Å². The molecule has 7 heteroatoms. The van der Waals surface area contributed by atoms with Gasteiger partial charge in [0.1, 0.15) is 17.8 Å². The monoisotopic (exact) mass is 409 g/mol. The Bertz CT molecular complexity index is 871. The van der Waals surface area contributed by atoms with E-state index in [4.69, 9.17) is 4.74 Å². The van der Waals surface area contributed by atoms with E-state index in [-0.39, 0.29) is 12.0 Å². The molecule has 7 nitrogen and oxygen atoms in total. The highest BCUT2D eigenvalue weighted by Crippen LogP contribution is 2.14. The molecule has 2 aliphatic rings. The van der Waals surface area contributed by atoms with Crippen LogP contribution >= 0.6 is 0 Å². The summed E-state index contributed by atoms with van der Waals surface area (Å²) in [5, 5.41) is 11.8. The van der Waals surface area contributed by atoms with E-state index < -0.39 is 0 Å². The van der Waals surface area contributed by atoms with E-state index in [1.165, 1.54) is 11.1 Å². The lowest BCUT2D eigenvalue weighted by molar-refractivity contribution is -0.130. The first kappa shape index (κ1) is 20.8. The van der Waals surface area contributed by atoms with Crippen LogP contribution in [-0.4, -0.2) is 64.5 Å². The Hall–Kier alpha value is -2.51. The molecule has 1 atom stereocenters. The number of nitrogens with one attached hydrogen (secondary N) is 1. The zero-order valence-electron chi connectivity index (χ0n) is 17.7. The van der Waals surface area contributed by atoms with Crippen molar-refractivity contribution in [3.8, 4) is 0 Å². The second-order valence-electron chi connectivity index (χ2n) is 8.15. The summed E-state index contributed by atoms with van der Waals surface area (Å²) >= 11 is 0. The van der Waals surface area contributed by atoms with Crippen LogP contribution in [0.1, 0.15) is 37.0 Å². The van der Waals surface area contributed by atoms with Crippen LogP contribution in [0.3, 0.4) is 0 Å². The van der Waals surface area contributed by atoms with Gasteiger partial charge in [-0.1, -0.05) is 42.0 Å². The van der Waals surface area contributed by atoms with Gasteiger partial charge in [0.25, 0.3) is 0 Å². The van der Waals surface area contributed by atoms with Crippen LogP contribution in [0.15, 0.2) is 35.9 Å². The fourth-order valence-electron chi connectivity index (χ4n) is 4.20. The molecule has 1 aromatic heterocycles. The quantitative estimate of drug-likeness (QED) is 0.758. The number of nitrogens with zero attached hydrogens (tertiary/aromatic N) is 4. The Balaban J connectivity index is 1.28. The summed E-state index contributed by atoms with van der Waals surface area (Å²) in [5.74, 6) is 1.99. The van der Waals surface area contributed by atoms with Crippen LogP contribution in [0.2, 0.25) is 0 Å². The number of carbonyl (C=O) groups is 1. The molecule has 1 aromatic carbocycles. The van der Waals surface area contributed by atoms with E-state index in [2.05, 4.69) is 62.2 Å². The van der Waals surface area contributed by atoms with E-state index in [1.54, 1.807) is 0 Å². The minimum atomic E-state index is -0.277. The van der Waals surface area contributed by atoms with E-state index >= 15 is 0 Å². The fraction of sp³-hybridized carbons (Fsp3) is 0.522. The lowest BCUT2D eigenvalue weighted by atomic mass is 10.1. The molecule has 160 valence electrons. The third-order valence-corrected chi connectivity index (χ3v) is 5.75. The molecule has 3 heterocycles. The maximum Gasteiger partial charge on any atom is 0.249 e. The van der Waals surface area contributed by atoms with Gasteiger partial charge in [-0.2, -0.15) is 0 Å². The first-order valence-corrected chi connectivity index (χ1v) is 10.9. The molecular weight excluding hydrogens is 378 g/mol. The van der Waals surface area contributed by atoms with Crippen molar-refractivity contribution in [2.45, 2.75) is 45.3 Å². The third-order valence-electron chi connectivity index (χ3n) is 5.75. The summed E-state index contributed by atoms with van der Waals surface area (Å²) in [5.41, 5.74) is 2.60. The number of hydrogen-bond acceptors (Lipinski definition) is 5. The minimum Gasteiger partial charge on any atom is -0.368 e. The second-order valence-corrected chi connectivity index (χ2v) is 8.15. The fourth-order valence-corrected chi connectivity index (χ4v) is 4.20. The number of fused-ring (bicyclic) bond motifs is 1. The largest absolute Gasteiger partial charge is 0.368 e. The van der Waals surface area contributed by atoms with Crippen LogP contribution in [0.25, 0.3) is 6.08 Å². The molecule has 1 saturated heterocycles. The molecule has 1 N–H and O–H groups in total. The number of hydrogen-bond donors (Lipinski definition) is 1. The molecule has 2 aliphatic heterocycles. The average Bonchev–Trinajstić information content (AvgIpc) is 3.37. The van der Waals surface area contributed by atoms with Crippen molar-refractivity contribution in [3.63, 3.8) is 0 Å². The SMILES string of the molecule is C/C(=C\c1ccccc1)CN1CCc2nnc(CCNC(=O)C3CCCO3)n2CC1. The van der Waals surface area contributed by atoms with Crippen molar-refractivity contribution in [1.82, 2.24) is 25.0 Å². The van der Waals surface area contributed by atoms with E-state index in [0.29, 0.717) is 19.6 Å². The normalized spacial score (nSPS) is 20.0. The standard InChI is InChI=1S/C23H31N5O2/c1-18(16-19-6-3-2-4-7-19)17-27-12-10-22-26-25-21(28(22)14-13-27)9-11-24-23(29)20-8-5-15-30-20/h2-4,6-7,16,20H,5,8-15,17H2,1H3,(H,24,29)/b18-16+. The Morgan fingerprint density at radius 3 is 2.90 bits per heavy atom. The van der Waals surface area contributed by atoms with Gasteiger partial charge in [0.05, 0.1) is 0 Å². The molecule has 1 unspecified atom stereocenters. The number of benzene rings is 1. The number of carbonyl (C=O) groups excluding carboxylic acids is 1. The molecule has 2 aromatic rings. The van der Waals surface area contributed by atoms with Crippen LogP contribution in [0.5, 0.6) is 0 Å². The molecule has 0 radical (unpaired) electrons. The van der Waals surface area contributed by atoms with Crippen molar-refractivity contribution in [1.29, 1.82) is 0 Å². The Morgan fingerprint density at radius 2 is 2.10 bits per heavy atom. The van der Waals surface area contributed by atoms with Crippen LogP contribution in [0, 0.1) is 0 Å². The highest BCUT2D eigenvalue weighted by Gasteiger charge is 2.23. The molecule has 4 rings (SSSR count). The first-order chi connectivity index (χ1) is 14.7. The van der Waals surface area contributed by atoms with E-state index in [1.807, 2.05) is 6.07 Å². The van der Waals surface area contributed by atoms with Crippen molar-refractivity contribution < 1.29 is 9.53 Å². The molecule has 30 heavy (non-hydrogen) atoms. The average molecular weight is 410 g/mol. The summed E-state index contributed by atoms with van der Waals surface area (Å²) in [4.78, 5) is 14.6. The summed E-state index contributed by atoms with van der Waals surface area (Å²) in [6.45, 7) is 7.25. The number of rotatable bonds is 7. The first-order valence-electron chi connectivity index (χ1n) is 10.9. The summed E-state index contributed by atoms with van der Waals surface area (Å²) < 4.78 is 7.67. The second kappa shape index (κ2) is 10.00. The van der Waals surface area contributed by atoms with Gasteiger partial charge in [-0.25, -0.2) is 0 Å². The third kappa shape index (κ3) is 5.34. The Labute approximate surface area is 178 Å². The van der Waals surface area contributed by atoms with Crippen LogP contribution in [0.4, 0.5) is 0 Å². The highest BCUT2D eigenvalue weighted by atomic mass is 16.5. The predicted octanol–water partition coefficient (Wildman–Crippen LogP) is 2.08. The van der Waals surface area contributed by atoms with Crippen molar-refractivity contribution >= 4 is 12.0 Å². The van der Waals surface area contributed by atoms with Gasteiger partial charge in [-0.15, -0.1) is 10.2 Å². The topological polar surface area (TPSA) is 72.3 Å². The number of amides is 1. The summed E-state index contributed by atoms with van der Waals surface area (Å²) in [6.07, 6.45) is 5.35. The summed E-state index contributed by atoms with van der Waals surface area (Å²) in [6, 6.07) is 10.5. The molecule has 0 bridgehead atoms. The smallest absolute Gasteiger partial charge is 0.249 e. The molecule has 0 spiro atoms. The molecule has 1 amide bonds. The lowest BCUT2D eigenvalue weighted by Gasteiger charge is -2.20. The zero-order valence-corrected chi connectivity index (χ0v) is 17.7. The predicted molar refractivity (Wildman–Crippen MR) is 116 cm³/mol. The minimum absolute atomic E-state index is 0.00467. The van der Waals surface area contributed by atoms with Gasteiger partial charge in [0.15, 0.2) is 0 Å². The Kier molecular flexibility index (Phi) is 6.92. The number of aromatic nitrogens is 3. The van der Waals surface area contributed by atoms with Gasteiger partial charge in [0, 0.05) is 52.2 Å². The van der Waals surface area contributed by atoms with Crippen molar-refractivity contribution in [2.24, 2.45) is 0 Å². The van der Waals surface area contributed by atoms with Gasteiger partial charge in [0.2, 0.25) is 5.91 Å². The highest BCUT2D eigenvalue weighted by molar-refractivity contribution is 5.80. The molecule has 0 aliphatic carbocycles. The van der Waals surface area contributed by atoms with Gasteiger partial charge < -0.3 is 14.6 Å². The van der Waals surface area contributed by atoms with E-state index in [9.17, 15) is 4.79 Å². The molecular formula is C23H31N5O2. The zero-order chi connectivity index (χ0) is 20.8. The van der Waals surface area contributed by atoms with Gasteiger partial charge in [-0.05, 0) is 25.3 Å². The van der Waals surface area contributed by atoms with Crippen molar-refractivity contribution in [3.05, 3.63) is 53.1 Å². The van der Waals surface area contributed by atoms with E-state index in [0.717, 1.165) is 57.1 Å². The Morgan fingerprint density at radius 1 is 1.23 bits per heavy atom. The van der Waals surface area contributed by atoms with Gasteiger partial charge >= 0.3 is 0 Å². The van der Waals surface area contributed by atoms with Crippen LogP contribution in [-0.2, 0) is 28.9 Å². The number of ether oxygens (including phenoxy) is 1. The van der Waals surface area contributed by atoms with Crippen LogP contribution < -0.4 is 5.32 Å². The van der Waals surface area contributed by atoms with Crippen molar-refractivity contribution in [2.75, 3.05) is 32.8 Å². The molecule has 1 fully saturated rings. The summed E-state index contributed by atoms with van der Waals surface area (Å²) in [7, 11) is 0.